The van der Waals surface area contributed by atoms with Crippen molar-refractivity contribution in [3.63, 3.8) is 0 Å². The molecule has 1 amide bonds. The largest absolute Gasteiger partial charge is 0.481 e. The van der Waals surface area contributed by atoms with Crippen molar-refractivity contribution in [2.24, 2.45) is 56.2 Å². The van der Waals surface area contributed by atoms with Crippen LogP contribution >= 0.6 is 11.6 Å². The van der Waals surface area contributed by atoms with Crippen LogP contribution in [0.5, 0.6) is 0 Å². The van der Waals surface area contributed by atoms with Gasteiger partial charge >= 0.3 is 11.9 Å². The second-order valence-electron chi connectivity index (χ2n) is 20.6. The molecule has 304 valence electrons. The quantitative estimate of drug-likeness (QED) is 0.227. The number of aliphatic hydroxyl groups is 1. The van der Waals surface area contributed by atoms with Gasteiger partial charge in [-0.05, 0) is 128 Å². The molecule has 2 unspecified atom stereocenters. The number of hydrogen-bond donors (Lipinski definition) is 2. The Balaban J connectivity index is 1.29. The average Bonchev–Trinajstić information content (AvgIpc) is 3.39. The summed E-state index contributed by atoms with van der Waals surface area (Å²) in [5, 5.41) is 22.7. The van der Waals surface area contributed by atoms with Crippen LogP contribution < -0.4 is 0 Å². The van der Waals surface area contributed by atoms with Crippen LogP contribution in [0, 0.1) is 56.2 Å². The molecule has 0 bridgehead atoms. The number of benzene rings is 1. The number of aliphatic hydroxyl groups excluding tert-OH is 1. The molecule has 8 nitrogen and oxygen atoms in total. The summed E-state index contributed by atoms with van der Waals surface area (Å²) in [7, 11) is 0. The first-order valence-corrected chi connectivity index (χ1v) is 21.2. The van der Waals surface area contributed by atoms with Gasteiger partial charge in [-0.2, -0.15) is 0 Å². The van der Waals surface area contributed by atoms with Crippen LogP contribution in [0.2, 0.25) is 5.02 Å². The predicted octanol–water partition coefficient (Wildman–Crippen LogP) is 9.44. The van der Waals surface area contributed by atoms with Gasteiger partial charge in [0.25, 0.3) is 0 Å². The Morgan fingerprint density at radius 1 is 0.964 bits per heavy atom. The lowest BCUT2D eigenvalue weighted by molar-refractivity contribution is -0.235. The zero-order valence-electron chi connectivity index (χ0n) is 35.0. The van der Waals surface area contributed by atoms with Crippen molar-refractivity contribution < 1.29 is 34.1 Å². The Kier molecular flexibility index (Phi) is 10.9. The minimum atomic E-state index is -1.18. The Hall–Kier alpha value is -2.71. The molecule has 9 atom stereocenters. The highest BCUT2D eigenvalue weighted by atomic mass is 35.5. The van der Waals surface area contributed by atoms with Crippen molar-refractivity contribution in [3.05, 3.63) is 46.0 Å². The van der Waals surface area contributed by atoms with Gasteiger partial charge in [0.1, 0.15) is 6.10 Å². The molecule has 0 saturated heterocycles. The summed E-state index contributed by atoms with van der Waals surface area (Å²) >= 11 is 6.29. The summed E-state index contributed by atoms with van der Waals surface area (Å²) in [6.07, 6.45) is 6.32. The smallest absolute Gasteiger partial charge is 0.309 e. The zero-order chi connectivity index (χ0) is 40.7. The number of esters is 1. The highest BCUT2D eigenvalue weighted by molar-refractivity contribution is 6.30. The van der Waals surface area contributed by atoms with Gasteiger partial charge < -0.3 is 19.8 Å². The predicted molar refractivity (Wildman–Crippen MR) is 214 cm³/mol. The molecule has 9 heteroatoms. The summed E-state index contributed by atoms with van der Waals surface area (Å²) in [5.74, 6) is -0.452. The number of halogens is 1. The molecule has 5 aliphatic carbocycles. The zero-order valence-corrected chi connectivity index (χ0v) is 35.8. The number of rotatable bonds is 10. The van der Waals surface area contributed by atoms with Gasteiger partial charge in [-0.1, -0.05) is 77.8 Å². The molecule has 0 radical (unpaired) electrons. The van der Waals surface area contributed by atoms with Crippen molar-refractivity contribution >= 4 is 35.2 Å². The maximum atomic E-state index is 14.2. The highest BCUT2D eigenvalue weighted by Gasteiger charge is 2.71. The van der Waals surface area contributed by atoms with E-state index in [-0.39, 0.29) is 64.3 Å². The van der Waals surface area contributed by atoms with Crippen molar-refractivity contribution in [2.75, 3.05) is 6.54 Å². The number of hydrogen-bond acceptors (Lipinski definition) is 6. The van der Waals surface area contributed by atoms with E-state index in [2.05, 4.69) is 48.5 Å². The topological polar surface area (TPSA) is 121 Å². The molecular weight excluding hydrogens is 714 g/mol. The monoisotopic (exact) mass is 779 g/mol. The third-order valence-electron chi connectivity index (χ3n) is 16.6. The van der Waals surface area contributed by atoms with Crippen LogP contribution in [0.4, 0.5) is 0 Å². The molecule has 4 fully saturated rings. The lowest BCUT2D eigenvalue weighted by atomic mass is 9.33. The fourth-order valence-electron chi connectivity index (χ4n) is 13.5. The standard InChI is InChI=1S/C46H66ClNO7/c1-27(2)38-32(50)23-46(35(51)26-48(28(3)49)25-29-12-11-13-30(47)22-29)21-20-44(9)31(39(38)46)14-15-34-43(8)18-17-36(55-37(52)24-41(4,5)40(53)54)42(6,7)33(43)16-19-45(34,44)10/h11-13,22,27,31,33-36,51H,14-21,23-26H2,1-10H3,(H,53,54)/t31-,33?,34?,35-,36+,43+,44-,45-,46+/m1/s1. The minimum absolute atomic E-state index is 0.0118. The van der Waals surface area contributed by atoms with E-state index in [1.165, 1.54) is 5.57 Å². The molecule has 0 heterocycles. The molecule has 0 aliphatic heterocycles. The van der Waals surface area contributed by atoms with Crippen LogP contribution in [0.1, 0.15) is 139 Å². The molecule has 0 spiro atoms. The lowest BCUT2D eigenvalue weighted by Crippen LogP contribution is -2.66. The van der Waals surface area contributed by atoms with E-state index < -0.39 is 28.9 Å². The van der Waals surface area contributed by atoms with Gasteiger partial charge in [0.2, 0.25) is 5.91 Å². The van der Waals surface area contributed by atoms with Gasteiger partial charge in [0.15, 0.2) is 5.78 Å². The van der Waals surface area contributed by atoms with E-state index in [0.29, 0.717) is 36.2 Å². The number of carbonyl (C=O) groups is 4. The Bertz CT molecular complexity index is 1770. The SMILES string of the molecule is CC(=O)N(Cc1cccc(Cl)c1)C[C@@H](O)[C@@]12CC[C@]3(C)[C@H](CCC4[C@@]5(C)CC[C@H](OC(=O)CC(C)(C)C(=O)O)C(C)(C)C5CC[C@]43C)C1=C(C(C)C)C(=O)C2. The number of fused-ring (bicyclic) bond motifs is 7. The Labute approximate surface area is 334 Å². The fourth-order valence-corrected chi connectivity index (χ4v) is 13.7. The van der Waals surface area contributed by atoms with Gasteiger partial charge in [-0.15, -0.1) is 0 Å². The molecular formula is C46H66ClNO7. The van der Waals surface area contributed by atoms with Crippen LogP contribution in [-0.4, -0.2) is 57.5 Å². The van der Waals surface area contributed by atoms with E-state index in [4.69, 9.17) is 16.3 Å². The molecule has 5 aliphatic rings. The number of aliphatic carboxylic acids is 1. The van der Waals surface area contributed by atoms with Crippen LogP contribution in [0.25, 0.3) is 0 Å². The van der Waals surface area contributed by atoms with E-state index in [1.807, 2.05) is 24.3 Å². The number of ether oxygens (including phenoxy) is 1. The van der Waals surface area contributed by atoms with Crippen molar-refractivity contribution in [1.82, 2.24) is 4.90 Å². The third kappa shape index (κ3) is 6.71. The van der Waals surface area contributed by atoms with E-state index in [9.17, 15) is 29.4 Å². The number of Topliss-reactive ketones (excluding diaryl/α,β-unsaturated/α-hetero) is 1. The Morgan fingerprint density at radius 3 is 2.27 bits per heavy atom. The maximum absolute atomic E-state index is 14.2. The molecule has 0 aromatic heterocycles. The van der Waals surface area contributed by atoms with E-state index >= 15 is 0 Å². The van der Waals surface area contributed by atoms with Crippen LogP contribution in [0.15, 0.2) is 35.4 Å². The lowest BCUT2D eigenvalue weighted by Gasteiger charge is -2.72. The highest BCUT2D eigenvalue weighted by Crippen LogP contribution is 2.77. The second kappa shape index (κ2) is 14.3. The van der Waals surface area contributed by atoms with Crippen LogP contribution in [-0.2, 0) is 30.5 Å². The van der Waals surface area contributed by atoms with Gasteiger partial charge in [-0.3, -0.25) is 19.2 Å². The van der Waals surface area contributed by atoms with Crippen molar-refractivity contribution in [1.29, 1.82) is 0 Å². The van der Waals surface area contributed by atoms with Gasteiger partial charge in [0.05, 0.1) is 17.9 Å². The summed E-state index contributed by atoms with van der Waals surface area (Å²) in [4.78, 5) is 53.8. The third-order valence-corrected chi connectivity index (χ3v) is 16.8. The first-order valence-electron chi connectivity index (χ1n) is 20.8. The van der Waals surface area contributed by atoms with Gasteiger partial charge in [0, 0.05) is 42.3 Å². The number of nitrogens with zero attached hydrogens (tertiary/aromatic N) is 1. The fraction of sp³-hybridized carbons (Fsp3) is 0.739. The Morgan fingerprint density at radius 2 is 1.65 bits per heavy atom. The molecule has 1 aromatic rings. The summed E-state index contributed by atoms with van der Waals surface area (Å²) in [6.45, 7) is 21.4. The molecule has 1 aromatic carbocycles. The first-order chi connectivity index (χ1) is 25.4. The minimum Gasteiger partial charge on any atom is -0.481 e. The van der Waals surface area contributed by atoms with Crippen molar-refractivity contribution in [2.45, 2.75) is 152 Å². The van der Waals surface area contributed by atoms with E-state index in [1.54, 1.807) is 25.7 Å². The number of carboxylic acid groups (broad SMARTS) is 1. The number of carbonyl (C=O) groups excluding carboxylic acids is 3. The number of ketones is 1. The van der Waals surface area contributed by atoms with Gasteiger partial charge in [-0.25, -0.2) is 0 Å². The first kappa shape index (κ1) is 41.9. The van der Waals surface area contributed by atoms with Crippen molar-refractivity contribution in [3.8, 4) is 0 Å². The molecule has 2 N–H and O–H groups in total. The summed E-state index contributed by atoms with van der Waals surface area (Å²) < 4.78 is 6.16. The molecule has 55 heavy (non-hydrogen) atoms. The molecule has 6 rings (SSSR count). The number of carboxylic acids is 1. The van der Waals surface area contributed by atoms with Crippen LogP contribution in [0.3, 0.4) is 0 Å². The second-order valence-corrected chi connectivity index (χ2v) is 21.0. The summed E-state index contributed by atoms with van der Waals surface area (Å²) in [5.41, 5.74) is 0.751. The number of amides is 1. The normalized spacial score (nSPS) is 36.0. The maximum Gasteiger partial charge on any atom is 0.309 e. The van der Waals surface area contributed by atoms with E-state index in [0.717, 1.165) is 56.1 Å². The summed E-state index contributed by atoms with van der Waals surface area (Å²) in [6, 6.07) is 7.48. The molecule has 4 saturated carbocycles. The average molecular weight is 780 g/mol. The number of allylic oxidation sites excluding steroid dienone is 1.